The van der Waals surface area contributed by atoms with Crippen molar-refractivity contribution in [1.29, 1.82) is 5.26 Å². The number of anilines is 2. The number of hydrogen-bond acceptors (Lipinski definition) is 7. The molecule has 2 amide bonds. The Kier molecular flexibility index (Phi) is 8.15. The lowest BCUT2D eigenvalue weighted by Crippen LogP contribution is -2.29. The fraction of sp³-hybridized carbons (Fsp3) is 0.273. The second-order valence-electron chi connectivity index (χ2n) is 6.92. The minimum absolute atomic E-state index is 0.187. The van der Waals surface area contributed by atoms with Crippen LogP contribution >= 0.6 is 0 Å². The van der Waals surface area contributed by atoms with Gasteiger partial charge in [-0.2, -0.15) is 10.4 Å². The van der Waals surface area contributed by atoms with Crippen molar-refractivity contribution in [1.82, 2.24) is 20.1 Å². The van der Waals surface area contributed by atoms with Gasteiger partial charge < -0.3 is 25.8 Å². The Morgan fingerprint density at radius 1 is 1.24 bits per heavy atom. The summed E-state index contributed by atoms with van der Waals surface area (Å²) in [5.74, 6) is 0.245. The van der Waals surface area contributed by atoms with Crippen molar-refractivity contribution in [2.75, 3.05) is 37.9 Å². The molecule has 0 aliphatic carbocycles. The summed E-state index contributed by atoms with van der Waals surface area (Å²) in [6.45, 7) is 1.20. The number of ether oxygens (including phenoxy) is 2. The Bertz CT molecular complexity index is 1110. The van der Waals surface area contributed by atoms with Crippen molar-refractivity contribution >= 4 is 17.5 Å². The first-order valence-corrected chi connectivity index (χ1v) is 10.2. The van der Waals surface area contributed by atoms with Gasteiger partial charge in [0.1, 0.15) is 29.9 Å². The van der Waals surface area contributed by atoms with Gasteiger partial charge in [-0.15, -0.1) is 0 Å². The number of nitrogens with zero attached hydrogens (tertiary/aromatic N) is 4. The number of aryl methyl sites for hydroxylation is 1. The average Bonchev–Trinajstić information content (AvgIpc) is 3.13. The monoisotopic (exact) mass is 453 g/mol. The molecule has 0 radical (unpaired) electrons. The van der Waals surface area contributed by atoms with Gasteiger partial charge in [0.2, 0.25) is 5.88 Å². The molecular formula is C22H24FN7O3. The summed E-state index contributed by atoms with van der Waals surface area (Å²) in [6.07, 6.45) is 2.45. The van der Waals surface area contributed by atoms with E-state index in [4.69, 9.17) is 15.2 Å². The van der Waals surface area contributed by atoms with Crippen LogP contribution < -0.4 is 21.1 Å². The number of methoxy groups -OCH3 is 1. The van der Waals surface area contributed by atoms with Crippen LogP contribution in [-0.4, -0.2) is 47.7 Å². The third-order valence-corrected chi connectivity index (χ3v) is 4.58. The van der Waals surface area contributed by atoms with Gasteiger partial charge in [-0.3, -0.25) is 0 Å². The minimum Gasteiger partial charge on any atom is -0.475 e. The van der Waals surface area contributed by atoms with Crippen LogP contribution in [0.5, 0.6) is 5.88 Å². The number of hydrogen-bond donors (Lipinski definition) is 3. The first kappa shape index (κ1) is 23.5. The zero-order valence-corrected chi connectivity index (χ0v) is 18.0. The van der Waals surface area contributed by atoms with E-state index in [1.807, 2.05) is 0 Å². The largest absolute Gasteiger partial charge is 0.475 e. The molecule has 2 aromatic heterocycles. The van der Waals surface area contributed by atoms with Crippen molar-refractivity contribution in [2.24, 2.45) is 0 Å². The van der Waals surface area contributed by atoms with E-state index < -0.39 is 0 Å². The number of carbonyl (C=O) groups excluding carboxylic acids is 1. The summed E-state index contributed by atoms with van der Waals surface area (Å²) in [7, 11) is 1.58. The number of nitrogens with two attached hydrogens (primary N) is 1. The normalized spacial score (nSPS) is 10.5. The average molecular weight is 453 g/mol. The molecule has 3 rings (SSSR count). The van der Waals surface area contributed by atoms with Crippen LogP contribution in [0.1, 0.15) is 17.7 Å². The number of urea groups is 1. The Morgan fingerprint density at radius 3 is 2.70 bits per heavy atom. The molecule has 0 saturated heterocycles. The highest BCUT2D eigenvalue weighted by Gasteiger charge is 2.16. The van der Waals surface area contributed by atoms with Gasteiger partial charge >= 0.3 is 6.03 Å². The van der Waals surface area contributed by atoms with Crippen LogP contribution in [0.25, 0.3) is 5.69 Å². The Hall–Kier alpha value is -4.17. The fourth-order valence-corrected chi connectivity index (χ4v) is 2.96. The predicted molar refractivity (Wildman–Crippen MR) is 120 cm³/mol. The van der Waals surface area contributed by atoms with E-state index in [0.717, 1.165) is 0 Å². The van der Waals surface area contributed by atoms with Crippen molar-refractivity contribution in [3.05, 3.63) is 59.7 Å². The first-order valence-electron chi connectivity index (χ1n) is 10.2. The number of nitrogens with one attached hydrogen (secondary N) is 2. The highest BCUT2D eigenvalue weighted by Crippen LogP contribution is 2.21. The van der Waals surface area contributed by atoms with Gasteiger partial charge in [-0.05, 0) is 43.2 Å². The van der Waals surface area contributed by atoms with Crippen LogP contribution in [0.2, 0.25) is 0 Å². The van der Waals surface area contributed by atoms with E-state index in [9.17, 15) is 14.4 Å². The number of aromatic nitrogens is 3. The minimum atomic E-state index is -0.387. The number of nitrogen functional groups attached to an aromatic ring is 1. The van der Waals surface area contributed by atoms with Gasteiger partial charge in [0.25, 0.3) is 0 Å². The zero-order valence-electron chi connectivity index (χ0n) is 18.0. The van der Waals surface area contributed by atoms with Gasteiger partial charge in [0, 0.05) is 19.7 Å². The molecule has 0 aliphatic rings. The molecule has 4 N–H and O–H groups in total. The molecular weight excluding hydrogens is 429 g/mol. The second-order valence-corrected chi connectivity index (χ2v) is 6.92. The molecule has 0 aliphatic heterocycles. The van der Waals surface area contributed by atoms with Gasteiger partial charge in [0.15, 0.2) is 0 Å². The molecule has 3 aromatic rings. The fourth-order valence-electron chi connectivity index (χ4n) is 2.96. The number of nitriles is 1. The number of carbonyl (C=O) groups is 1. The number of pyridine rings is 1. The van der Waals surface area contributed by atoms with Crippen molar-refractivity contribution < 1.29 is 18.7 Å². The highest BCUT2D eigenvalue weighted by molar-refractivity contribution is 5.88. The Labute approximate surface area is 190 Å². The van der Waals surface area contributed by atoms with E-state index in [-0.39, 0.29) is 23.2 Å². The maximum absolute atomic E-state index is 13.2. The maximum Gasteiger partial charge on any atom is 0.319 e. The molecule has 0 atom stereocenters. The number of halogens is 1. The third-order valence-electron chi connectivity index (χ3n) is 4.58. The van der Waals surface area contributed by atoms with Crippen LogP contribution in [0.15, 0.2) is 42.6 Å². The molecule has 0 spiro atoms. The van der Waals surface area contributed by atoms with Crippen LogP contribution in [0, 0.1) is 17.1 Å². The quantitative estimate of drug-likeness (QED) is 0.401. The lowest BCUT2D eigenvalue weighted by atomic mass is 10.1. The Morgan fingerprint density at radius 2 is 2.03 bits per heavy atom. The lowest BCUT2D eigenvalue weighted by Gasteiger charge is -2.08. The molecule has 0 saturated carbocycles. The van der Waals surface area contributed by atoms with E-state index in [1.165, 1.54) is 35.1 Å². The first-order chi connectivity index (χ1) is 16.0. The van der Waals surface area contributed by atoms with Crippen molar-refractivity contribution in [3.63, 3.8) is 0 Å². The molecule has 33 heavy (non-hydrogen) atoms. The molecule has 172 valence electrons. The number of rotatable bonds is 10. The van der Waals surface area contributed by atoms with Gasteiger partial charge in [-0.1, -0.05) is 0 Å². The molecule has 0 bridgehead atoms. The van der Waals surface area contributed by atoms with E-state index in [0.29, 0.717) is 55.5 Å². The van der Waals surface area contributed by atoms with E-state index >= 15 is 0 Å². The molecule has 11 heteroatoms. The SMILES string of the molecule is COCCOc1ccc(NC(=O)NCCCc2nn(-c3ccc(F)cc3)c(N)c2C#N)cn1. The smallest absolute Gasteiger partial charge is 0.319 e. The summed E-state index contributed by atoms with van der Waals surface area (Å²) in [5, 5.41) is 19.3. The summed E-state index contributed by atoms with van der Waals surface area (Å²) in [4.78, 5) is 16.2. The summed E-state index contributed by atoms with van der Waals surface area (Å²) >= 11 is 0. The molecule has 2 heterocycles. The summed E-state index contributed by atoms with van der Waals surface area (Å²) in [5.41, 5.74) is 7.90. The van der Waals surface area contributed by atoms with Crippen molar-refractivity contribution in [3.8, 4) is 17.6 Å². The van der Waals surface area contributed by atoms with Gasteiger partial charge in [-0.25, -0.2) is 18.9 Å². The maximum atomic E-state index is 13.2. The lowest BCUT2D eigenvalue weighted by molar-refractivity contribution is 0.144. The number of benzene rings is 1. The zero-order chi connectivity index (χ0) is 23.6. The molecule has 0 unspecified atom stereocenters. The molecule has 0 fully saturated rings. The third kappa shape index (κ3) is 6.41. The topological polar surface area (TPSA) is 140 Å². The second kappa shape index (κ2) is 11.4. The van der Waals surface area contributed by atoms with Crippen LogP contribution in [-0.2, 0) is 11.2 Å². The molecule has 1 aromatic carbocycles. The van der Waals surface area contributed by atoms with E-state index in [1.54, 1.807) is 19.2 Å². The summed E-state index contributed by atoms with van der Waals surface area (Å²) in [6, 6.07) is 10.7. The van der Waals surface area contributed by atoms with E-state index in [2.05, 4.69) is 26.8 Å². The van der Waals surface area contributed by atoms with Gasteiger partial charge in [0.05, 0.1) is 29.9 Å². The summed E-state index contributed by atoms with van der Waals surface area (Å²) < 4.78 is 24.8. The highest BCUT2D eigenvalue weighted by atomic mass is 19.1. The number of amides is 2. The van der Waals surface area contributed by atoms with Crippen LogP contribution in [0.3, 0.4) is 0 Å². The molecule has 10 nitrogen and oxygen atoms in total. The standard InChI is InChI=1S/C22H24FN7O3/c1-32-11-12-33-20-9-6-16(14-27-20)28-22(31)26-10-2-3-19-18(13-24)21(25)30(29-19)17-7-4-15(23)5-8-17/h4-9,14H,2-3,10-12,25H2,1H3,(H2,26,28,31). The van der Waals surface area contributed by atoms with Crippen molar-refractivity contribution in [2.45, 2.75) is 12.8 Å². The Balaban J connectivity index is 1.48. The predicted octanol–water partition coefficient (Wildman–Crippen LogP) is 2.64. The van der Waals surface area contributed by atoms with Crippen LogP contribution in [0.4, 0.5) is 20.7 Å².